The molecule has 1 fully saturated rings. The zero-order valence-electron chi connectivity index (χ0n) is 23.2. The van der Waals surface area contributed by atoms with Crippen molar-refractivity contribution in [1.29, 1.82) is 0 Å². The molecular weight excluding hydrogens is 510 g/mol. The summed E-state index contributed by atoms with van der Waals surface area (Å²) >= 11 is 0. The number of benzene rings is 1. The van der Waals surface area contributed by atoms with Crippen LogP contribution in [0.4, 0.5) is 14.7 Å². The molecule has 0 saturated carbocycles. The van der Waals surface area contributed by atoms with E-state index in [-0.39, 0.29) is 28.9 Å². The first-order chi connectivity index (χ1) is 18.9. The number of hydrogen-bond acceptors (Lipinski definition) is 9. The van der Waals surface area contributed by atoms with E-state index in [2.05, 4.69) is 20.6 Å². The van der Waals surface area contributed by atoms with E-state index < -0.39 is 18.2 Å². The number of rotatable bonds is 14. The van der Waals surface area contributed by atoms with Crippen molar-refractivity contribution in [2.75, 3.05) is 46.3 Å². The van der Waals surface area contributed by atoms with Crippen LogP contribution in [0.15, 0.2) is 42.1 Å². The van der Waals surface area contributed by atoms with Gasteiger partial charge in [-0.1, -0.05) is 6.08 Å². The second-order valence-corrected chi connectivity index (χ2v) is 9.17. The molecule has 11 heteroatoms. The van der Waals surface area contributed by atoms with Gasteiger partial charge in [-0.25, -0.2) is 18.7 Å². The van der Waals surface area contributed by atoms with Gasteiger partial charge in [0.2, 0.25) is 5.95 Å². The fraction of sp³-hybridized carbons (Fsp3) is 0.500. The minimum atomic E-state index is -0.858. The average Bonchev–Trinajstić information content (AvgIpc) is 2.96. The molecule has 39 heavy (non-hydrogen) atoms. The van der Waals surface area contributed by atoms with Gasteiger partial charge < -0.3 is 34.3 Å². The molecule has 2 N–H and O–H groups in total. The molecule has 0 spiro atoms. The topological polar surface area (TPSA) is 96.0 Å². The van der Waals surface area contributed by atoms with Crippen molar-refractivity contribution in [3.63, 3.8) is 0 Å². The van der Waals surface area contributed by atoms with Crippen molar-refractivity contribution in [2.45, 2.75) is 45.8 Å². The molecule has 214 valence electrons. The lowest BCUT2D eigenvalue weighted by atomic mass is 9.95. The summed E-state index contributed by atoms with van der Waals surface area (Å²) < 4.78 is 55.9. The predicted molar refractivity (Wildman–Crippen MR) is 144 cm³/mol. The molecule has 2 aromatic rings. The number of hydrogen-bond donors (Lipinski definition) is 2. The number of piperidine rings is 1. The molecule has 3 rings (SSSR count). The molecule has 1 aliphatic heterocycles. The van der Waals surface area contributed by atoms with Crippen LogP contribution in [-0.4, -0.2) is 57.0 Å². The third-order valence-electron chi connectivity index (χ3n) is 6.46. The van der Waals surface area contributed by atoms with Crippen molar-refractivity contribution in [1.82, 2.24) is 15.3 Å². The molecule has 1 unspecified atom stereocenters. The zero-order chi connectivity index (χ0) is 28.2. The average molecular weight is 549 g/mol. The normalized spacial score (nSPS) is 15.5. The summed E-state index contributed by atoms with van der Waals surface area (Å²) in [6.07, 6.45) is 10.0. The summed E-state index contributed by atoms with van der Waals surface area (Å²) in [7, 11) is 4.19. The van der Waals surface area contributed by atoms with Crippen LogP contribution in [0.1, 0.15) is 38.7 Å². The maximum absolute atomic E-state index is 14.5. The Morgan fingerprint density at radius 3 is 2.33 bits per heavy atom. The number of nitrogens with one attached hydrogen (secondary N) is 2. The fourth-order valence-corrected chi connectivity index (χ4v) is 4.04. The standard InChI is InChI=1S/C28H38F2N4O5/c1-18(6-7-23(19(2)35-3)38-13-10-20-8-11-31-12-9-20)34-28-32-15-21(16-33-28)39-17-22-26(29)24(36-4)14-25(37-5)27(22)30/h6-7,14-16,18,20,31H,8-13,17H2,1-5H3,(H,32,33,34)/b7-6-,23-19-. The molecule has 0 amide bonds. The van der Waals surface area contributed by atoms with Crippen molar-refractivity contribution < 1.29 is 32.5 Å². The van der Waals surface area contributed by atoms with Crippen LogP contribution in [0.25, 0.3) is 0 Å². The summed E-state index contributed by atoms with van der Waals surface area (Å²) in [5.41, 5.74) is -0.319. The Morgan fingerprint density at radius 1 is 1.10 bits per heavy atom. The van der Waals surface area contributed by atoms with Gasteiger partial charge in [-0.15, -0.1) is 0 Å². The smallest absolute Gasteiger partial charge is 0.223 e. The maximum atomic E-state index is 14.5. The lowest BCUT2D eigenvalue weighted by Crippen LogP contribution is -2.28. The highest BCUT2D eigenvalue weighted by molar-refractivity contribution is 5.42. The van der Waals surface area contributed by atoms with Gasteiger partial charge in [0.15, 0.2) is 34.6 Å². The van der Waals surface area contributed by atoms with E-state index in [1.807, 2.05) is 26.0 Å². The number of halogens is 2. The molecule has 1 aliphatic rings. The van der Waals surface area contributed by atoms with Crippen LogP contribution in [-0.2, 0) is 16.1 Å². The Morgan fingerprint density at radius 2 is 1.74 bits per heavy atom. The van der Waals surface area contributed by atoms with Crippen LogP contribution < -0.4 is 24.8 Å². The van der Waals surface area contributed by atoms with Gasteiger partial charge >= 0.3 is 0 Å². The van der Waals surface area contributed by atoms with Crippen molar-refractivity contribution >= 4 is 5.95 Å². The number of ether oxygens (including phenoxy) is 5. The SMILES string of the molecule is CO/C(C)=C(/C=C\C(C)Nc1ncc(OCc2c(F)c(OC)cc(OC)c2F)cn1)OCCC1CCNCC1. The summed E-state index contributed by atoms with van der Waals surface area (Å²) in [4.78, 5) is 8.46. The third kappa shape index (κ3) is 8.71. The summed E-state index contributed by atoms with van der Waals surface area (Å²) in [5, 5.41) is 6.55. The van der Waals surface area contributed by atoms with E-state index in [1.165, 1.54) is 39.5 Å². The number of anilines is 1. The van der Waals surface area contributed by atoms with Gasteiger partial charge in [0.05, 0.1) is 45.9 Å². The molecule has 9 nitrogen and oxygen atoms in total. The van der Waals surface area contributed by atoms with Crippen LogP contribution in [0.3, 0.4) is 0 Å². The van der Waals surface area contributed by atoms with Crippen LogP contribution in [0.2, 0.25) is 0 Å². The molecule has 2 heterocycles. The summed E-state index contributed by atoms with van der Waals surface area (Å²) in [6.45, 7) is 6.18. The maximum Gasteiger partial charge on any atom is 0.223 e. The predicted octanol–water partition coefficient (Wildman–Crippen LogP) is 4.99. The molecule has 1 aromatic carbocycles. The Labute approximate surface area is 228 Å². The van der Waals surface area contributed by atoms with E-state index in [4.69, 9.17) is 23.7 Å². The largest absolute Gasteiger partial charge is 0.498 e. The molecule has 1 saturated heterocycles. The molecular formula is C28H38F2N4O5. The highest BCUT2D eigenvalue weighted by atomic mass is 19.1. The second-order valence-electron chi connectivity index (χ2n) is 9.17. The number of methoxy groups -OCH3 is 3. The van der Waals surface area contributed by atoms with E-state index >= 15 is 0 Å². The van der Waals surface area contributed by atoms with Gasteiger partial charge in [0, 0.05) is 12.1 Å². The molecule has 0 bridgehead atoms. The Kier molecular flexibility index (Phi) is 11.6. The van der Waals surface area contributed by atoms with Crippen molar-refractivity contribution in [3.8, 4) is 17.2 Å². The van der Waals surface area contributed by atoms with E-state index in [0.29, 0.717) is 30.0 Å². The van der Waals surface area contributed by atoms with Gasteiger partial charge in [-0.05, 0) is 58.2 Å². The second kappa shape index (κ2) is 15.1. The zero-order valence-corrected chi connectivity index (χ0v) is 23.2. The third-order valence-corrected chi connectivity index (χ3v) is 6.46. The Balaban J connectivity index is 1.54. The van der Waals surface area contributed by atoms with Crippen LogP contribution in [0.5, 0.6) is 17.2 Å². The van der Waals surface area contributed by atoms with Gasteiger partial charge in [0.25, 0.3) is 0 Å². The van der Waals surface area contributed by atoms with E-state index in [9.17, 15) is 8.78 Å². The lowest BCUT2D eigenvalue weighted by molar-refractivity contribution is 0.165. The van der Waals surface area contributed by atoms with Crippen molar-refractivity contribution in [3.05, 3.63) is 59.3 Å². The molecule has 0 aliphatic carbocycles. The first-order valence-corrected chi connectivity index (χ1v) is 12.9. The lowest BCUT2D eigenvalue weighted by Gasteiger charge is -2.22. The first kappa shape index (κ1) is 29.9. The van der Waals surface area contributed by atoms with Crippen LogP contribution in [0, 0.1) is 17.6 Å². The summed E-state index contributed by atoms with van der Waals surface area (Å²) in [5.74, 6) is 0.659. The summed E-state index contributed by atoms with van der Waals surface area (Å²) in [6, 6.07) is 1.02. The Hall–Kier alpha value is -3.60. The first-order valence-electron chi connectivity index (χ1n) is 12.9. The minimum absolute atomic E-state index is 0.128. The number of allylic oxidation sites excluding steroid dienone is 2. The van der Waals surface area contributed by atoms with Gasteiger partial charge in [-0.3, -0.25) is 0 Å². The Bertz CT molecular complexity index is 1090. The van der Waals surface area contributed by atoms with Crippen LogP contribution >= 0.6 is 0 Å². The molecule has 1 atom stereocenters. The number of nitrogens with zero attached hydrogens (tertiary/aromatic N) is 2. The van der Waals surface area contributed by atoms with E-state index in [1.54, 1.807) is 7.11 Å². The van der Waals surface area contributed by atoms with Gasteiger partial charge in [0.1, 0.15) is 12.4 Å². The fourth-order valence-electron chi connectivity index (χ4n) is 4.04. The molecule has 0 radical (unpaired) electrons. The van der Waals surface area contributed by atoms with Crippen molar-refractivity contribution in [2.24, 2.45) is 5.92 Å². The number of aromatic nitrogens is 2. The van der Waals surface area contributed by atoms with E-state index in [0.717, 1.165) is 25.6 Å². The highest BCUT2D eigenvalue weighted by Gasteiger charge is 2.20. The molecule has 1 aromatic heterocycles. The highest BCUT2D eigenvalue weighted by Crippen LogP contribution is 2.32. The van der Waals surface area contributed by atoms with Gasteiger partial charge in [-0.2, -0.15) is 0 Å². The minimum Gasteiger partial charge on any atom is -0.498 e. The quantitative estimate of drug-likeness (QED) is 0.250. The monoisotopic (exact) mass is 548 g/mol.